The van der Waals surface area contributed by atoms with Crippen molar-refractivity contribution in [3.8, 4) is 0 Å². The quantitative estimate of drug-likeness (QED) is 0.745. The van der Waals surface area contributed by atoms with E-state index in [0.717, 1.165) is 0 Å². The molecule has 0 radical (unpaired) electrons. The maximum Gasteiger partial charge on any atom is 0.222 e. The van der Waals surface area contributed by atoms with Gasteiger partial charge in [0.05, 0.1) is 18.1 Å². The van der Waals surface area contributed by atoms with Gasteiger partial charge in [-0.3, -0.25) is 9.48 Å². The van der Waals surface area contributed by atoms with Crippen molar-refractivity contribution < 1.29 is 13.2 Å². The van der Waals surface area contributed by atoms with E-state index < -0.39 is 9.84 Å². The normalized spacial score (nSPS) is 22.5. The highest BCUT2D eigenvalue weighted by molar-refractivity contribution is 7.91. The summed E-state index contributed by atoms with van der Waals surface area (Å²) in [6.07, 6.45) is 3.73. The summed E-state index contributed by atoms with van der Waals surface area (Å²) in [7, 11) is -2.94. The van der Waals surface area contributed by atoms with Gasteiger partial charge in [-0.25, -0.2) is 13.4 Å². The number of hydrogen-bond donors (Lipinski definition) is 1. The summed E-state index contributed by atoms with van der Waals surface area (Å²) < 4.78 is 23.9. The molecule has 2 rings (SSSR count). The summed E-state index contributed by atoms with van der Waals surface area (Å²) in [5, 5.41) is 6.59. The zero-order valence-electron chi connectivity index (χ0n) is 9.24. The molecule has 0 saturated carbocycles. The first-order valence-corrected chi connectivity index (χ1v) is 7.19. The van der Waals surface area contributed by atoms with Crippen LogP contribution in [0.4, 0.5) is 0 Å². The molecule has 94 valence electrons. The molecule has 0 spiro atoms. The molecule has 1 amide bonds. The van der Waals surface area contributed by atoms with Crippen LogP contribution in [0, 0.1) is 0 Å². The fraction of sp³-hybridized carbons (Fsp3) is 0.667. The van der Waals surface area contributed by atoms with Crippen molar-refractivity contribution in [2.45, 2.75) is 25.4 Å². The molecular formula is C9H14N4O3S. The van der Waals surface area contributed by atoms with E-state index in [-0.39, 0.29) is 29.9 Å². The highest BCUT2D eigenvalue weighted by Gasteiger charge is 2.28. The lowest BCUT2D eigenvalue weighted by molar-refractivity contribution is -0.121. The third kappa shape index (κ3) is 3.52. The summed E-state index contributed by atoms with van der Waals surface area (Å²) >= 11 is 0. The van der Waals surface area contributed by atoms with Crippen LogP contribution in [0.2, 0.25) is 0 Å². The van der Waals surface area contributed by atoms with Crippen molar-refractivity contribution in [3.63, 3.8) is 0 Å². The van der Waals surface area contributed by atoms with Crippen LogP contribution in [0.1, 0.15) is 12.8 Å². The number of carbonyl (C=O) groups is 1. The number of aryl methyl sites for hydroxylation is 1. The van der Waals surface area contributed by atoms with Crippen molar-refractivity contribution >= 4 is 15.7 Å². The predicted octanol–water partition coefficient (Wildman–Crippen LogP) is -1.03. The molecule has 17 heavy (non-hydrogen) atoms. The largest absolute Gasteiger partial charge is 0.352 e. The number of aromatic nitrogens is 3. The van der Waals surface area contributed by atoms with E-state index in [1.165, 1.54) is 12.7 Å². The number of rotatable bonds is 4. The Morgan fingerprint density at radius 2 is 2.35 bits per heavy atom. The number of nitrogens with zero attached hydrogens (tertiary/aromatic N) is 3. The lowest BCUT2D eigenvalue weighted by Gasteiger charge is -2.10. The molecule has 1 N–H and O–H groups in total. The smallest absolute Gasteiger partial charge is 0.222 e. The van der Waals surface area contributed by atoms with Gasteiger partial charge in [0.25, 0.3) is 0 Å². The summed E-state index contributed by atoms with van der Waals surface area (Å²) in [6.45, 7) is 0.450. The first-order chi connectivity index (χ1) is 8.05. The molecule has 2 heterocycles. The molecule has 1 aliphatic rings. The second-order valence-corrected chi connectivity index (χ2v) is 6.30. The Hall–Kier alpha value is -1.44. The Morgan fingerprint density at radius 1 is 1.53 bits per heavy atom. The standard InChI is InChI=1S/C9H14N4O3S/c14-9(1-3-13-7-10-6-11-13)12-8-2-4-17(15,16)5-8/h6-8H,1-5H2,(H,12,14)/t8-/m1/s1. The van der Waals surface area contributed by atoms with Gasteiger partial charge in [-0.1, -0.05) is 0 Å². The summed E-state index contributed by atoms with van der Waals surface area (Å²) in [5.74, 6) is 0.0749. The maximum atomic E-state index is 11.5. The fourth-order valence-corrected chi connectivity index (χ4v) is 3.45. The average molecular weight is 258 g/mol. The second kappa shape index (κ2) is 4.82. The average Bonchev–Trinajstić information content (AvgIpc) is 2.85. The number of hydrogen-bond acceptors (Lipinski definition) is 5. The van der Waals surface area contributed by atoms with E-state index in [0.29, 0.717) is 13.0 Å². The van der Waals surface area contributed by atoms with Crippen LogP contribution in [0.15, 0.2) is 12.7 Å². The molecule has 7 nitrogen and oxygen atoms in total. The molecule has 1 aromatic rings. The van der Waals surface area contributed by atoms with Crippen LogP contribution in [-0.4, -0.2) is 46.6 Å². The van der Waals surface area contributed by atoms with E-state index in [4.69, 9.17) is 0 Å². The summed E-state index contributed by atoms with van der Waals surface area (Å²) in [4.78, 5) is 15.3. The van der Waals surface area contributed by atoms with Crippen LogP contribution in [-0.2, 0) is 21.2 Å². The molecule has 1 aliphatic heterocycles. The predicted molar refractivity (Wildman–Crippen MR) is 59.8 cm³/mol. The van der Waals surface area contributed by atoms with Crippen LogP contribution in [0.25, 0.3) is 0 Å². The fourth-order valence-electron chi connectivity index (χ4n) is 1.77. The van der Waals surface area contributed by atoms with Crippen molar-refractivity contribution in [2.75, 3.05) is 11.5 Å². The van der Waals surface area contributed by atoms with Gasteiger partial charge >= 0.3 is 0 Å². The van der Waals surface area contributed by atoms with E-state index in [2.05, 4.69) is 15.4 Å². The number of amides is 1. The Morgan fingerprint density at radius 3 is 2.94 bits per heavy atom. The van der Waals surface area contributed by atoms with Crippen molar-refractivity contribution in [3.05, 3.63) is 12.7 Å². The number of carbonyl (C=O) groups excluding carboxylic acids is 1. The minimum Gasteiger partial charge on any atom is -0.352 e. The van der Waals surface area contributed by atoms with Gasteiger partial charge in [0.15, 0.2) is 9.84 Å². The molecule has 0 unspecified atom stereocenters. The lowest BCUT2D eigenvalue weighted by atomic mass is 10.2. The van der Waals surface area contributed by atoms with Crippen molar-refractivity contribution in [1.82, 2.24) is 20.1 Å². The van der Waals surface area contributed by atoms with Crippen molar-refractivity contribution in [1.29, 1.82) is 0 Å². The summed E-state index contributed by atoms with van der Waals surface area (Å²) in [5.41, 5.74) is 0. The van der Waals surface area contributed by atoms with Gasteiger partial charge in [-0.05, 0) is 6.42 Å². The monoisotopic (exact) mass is 258 g/mol. The summed E-state index contributed by atoms with van der Waals surface area (Å²) in [6, 6.07) is -0.233. The zero-order chi connectivity index (χ0) is 12.3. The van der Waals surface area contributed by atoms with Crippen LogP contribution >= 0.6 is 0 Å². The highest BCUT2D eigenvalue weighted by Crippen LogP contribution is 2.11. The molecule has 1 saturated heterocycles. The Labute approximate surface area is 99.1 Å². The molecule has 0 bridgehead atoms. The number of sulfone groups is 1. The molecule has 0 aromatic carbocycles. The highest BCUT2D eigenvalue weighted by atomic mass is 32.2. The molecule has 8 heteroatoms. The van der Waals surface area contributed by atoms with E-state index in [1.807, 2.05) is 0 Å². The van der Waals surface area contributed by atoms with Gasteiger partial charge in [-0.15, -0.1) is 0 Å². The Balaban J connectivity index is 1.75. The van der Waals surface area contributed by atoms with Gasteiger partial charge in [0.2, 0.25) is 5.91 Å². The Bertz CT molecular complexity index is 482. The van der Waals surface area contributed by atoms with Crippen LogP contribution < -0.4 is 5.32 Å². The molecule has 1 fully saturated rings. The molecule has 1 atom stereocenters. The molecule has 0 aliphatic carbocycles. The third-order valence-electron chi connectivity index (χ3n) is 2.63. The van der Waals surface area contributed by atoms with E-state index in [1.54, 1.807) is 4.68 Å². The Kier molecular flexibility index (Phi) is 3.41. The van der Waals surface area contributed by atoms with Crippen LogP contribution in [0.5, 0.6) is 0 Å². The molecule has 1 aromatic heterocycles. The topological polar surface area (TPSA) is 93.9 Å². The molecular weight excluding hydrogens is 244 g/mol. The lowest BCUT2D eigenvalue weighted by Crippen LogP contribution is -2.36. The van der Waals surface area contributed by atoms with Gasteiger partial charge in [-0.2, -0.15) is 5.10 Å². The van der Waals surface area contributed by atoms with Gasteiger partial charge in [0, 0.05) is 12.5 Å². The zero-order valence-corrected chi connectivity index (χ0v) is 10.1. The SMILES string of the molecule is O=C(CCn1cncn1)N[C@@H]1CCS(=O)(=O)C1. The first kappa shape index (κ1) is 12.0. The third-order valence-corrected chi connectivity index (χ3v) is 4.40. The van der Waals surface area contributed by atoms with Gasteiger partial charge in [0.1, 0.15) is 12.7 Å². The second-order valence-electron chi connectivity index (χ2n) is 4.08. The minimum absolute atomic E-state index is 0.0576. The van der Waals surface area contributed by atoms with Crippen molar-refractivity contribution in [2.24, 2.45) is 0 Å². The van der Waals surface area contributed by atoms with Gasteiger partial charge < -0.3 is 5.32 Å². The minimum atomic E-state index is -2.94. The van der Waals surface area contributed by atoms with Crippen LogP contribution in [0.3, 0.4) is 0 Å². The van der Waals surface area contributed by atoms with E-state index in [9.17, 15) is 13.2 Å². The maximum absolute atomic E-state index is 11.5. The van der Waals surface area contributed by atoms with E-state index >= 15 is 0 Å². The first-order valence-electron chi connectivity index (χ1n) is 5.37. The number of nitrogens with one attached hydrogen (secondary N) is 1.